The first-order valence-corrected chi connectivity index (χ1v) is 17.8. The van der Waals surface area contributed by atoms with Crippen molar-refractivity contribution in [3.63, 3.8) is 0 Å². The minimum atomic E-state index is -0.670. The molecule has 2 aliphatic rings. The van der Waals surface area contributed by atoms with Gasteiger partial charge in [-0.05, 0) is 85.3 Å². The first-order chi connectivity index (χ1) is 26.0. The molecule has 0 spiro atoms. The maximum Gasteiger partial charge on any atom is 0.223 e. The summed E-state index contributed by atoms with van der Waals surface area (Å²) in [5.74, 6) is -2.64. The Bertz CT molecular complexity index is 2110. The molecule has 0 bridgehead atoms. The van der Waals surface area contributed by atoms with Crippen molar-refractivity contribution in [2.75, 3.05) is 0 Å². The lowest BCUT2D eigenvalue weighted by atomic mass is 9.98. The maximum atomic E-state index is 14.0. The summed E-state index contributed by atoms with van der Waals surface area (Å²) in [4.78, 5) is 8.92. The van der Waals surface area contributed by atoms with Crippen LogP contribution < -0.4 is 0 Å². The summed E-state index contributed by atoms with van der Waals surface area (Å²) in [6, 6.07) is 39.6. The maximum absolute atomic E-state index is 14.0. The lowest BCUT2D eigenvalue weighted by molar-refractivity contribution is 0.212. The van der Waals surface area contributed by atoms with Crippen LogP contribution in [0, 0.1) is 37.1 Å². The third-order valence-electron chi connectivity index (χ3n) is 9.62. The highest BCUT2D eigenvalue weighted by molar-refractivity contribution is 5.96. The second kappa shape index (κ2) is 15.5. The van der Waals surface area contributed by atoms with E-state index in [4.69, 9.17) is 9.47 Å². The molecule has 272 valence electrons. The summed E-state index contributed by atoms with van der Waals surface area (Å²) in [6.45, 7) is 7.83. The Hall–Kier alpha value is -6.02. The molecule has 0 radical (unpaired) electrons. The molecule has 2 aliphatic heterocycles. The Kier molecular flexibility index (Phi) is 10.4. The highest BCUT2D eigenvalue weighted by Gasteiger charge is 2.33. The summed E-state index contributed by atoms with van der Waals surface area (Å²) in [7, 11) is 0. The van der Waals surface area contributed by atoms with E-state index >= 15 is 0 Å². The third-order valence-corrected chi connectivity index (χ3v) is 9.62. The minimum Gasteiger partial charge on any atom is -0.472 e. The summed E-state index contributed by atoms with van der Waals surface area (Å²) in [5.41, 5.74) is 8.41. The Morgan fingerprint density at radius 1 is 0.407 bits per heavy atom. The normalized spacial score (nSPS) is 18.9. The van der Waals surface area contributed by atoms with Crippen LogP contribution in [0.5, 0.6) is 0 Å². The van der Waals surface area contributed by atoms with Gasteiger partial charge in [0.05, 0.1) is 0 Å². The number of halogens is 4. The van der Waals surface area contributed by atoms with Crippen molar-refractivity contribution in [3.8, 4) is 22.3 Å². The first kappa shape index (κ1) is 36.3. The number of aliphatic imine (C=N–C) groups is 2. The van der Waals surface area contributed by atoms with E-state index < -0.39 is 23.3 Å². The highest BCUT2D eigenvalue weighted by Crippen LogP contribution is 2.35. The van der Waals surface area contributed by atoms with E-state index in [0.717, 1.165) is 33.4 Å². The van der Waals surface area contributed by atoms with E-state index in [2.05, 4.69) is 72.4 Å². The molecule has 6 aromatic carbocycles. The fourth-order valence-electron chi connectivity index (χ4n) is 6.58. The van der Waals surface area contributed by atoms with Crippen molar-refractivity contribution in [2.24, 2.45) is 9.98 Å². The van der Waals surface area contributed by atoms with Gasteiger partial charge in [0.25, 0.3) is 0 Å². The topological polar surface area (TPSA) is 43.2 Å². The van der Waals surface area contributed by atoms with Crippen molar-refractivity contribution in [2.45, 2.75) is 52.0 Å². The molecule has 0 amide bonds. The van der Waals surface area contributed by atoms with E-state index in [-0.39, 0.29) is 47.2 Å². The average molecular weight is 727 g/mol. The van der Waals surface area contributed by atoms with Gasteiger partial charge in [0.1, 0.15) is 58.7 Å². The van der Waals surface area contributed by atoms with Crippen LogP contribution in [-0.4, -0.2) is 24.0 Å². The molecule has 0 unspecified atom stereocenters. The second-order valence-corrected chi connectivity index (χ2v) is 13.6. The van der Waals surface area contributed by atoms with Crippen LogP contribution >= 0.6 is 0 Å². The number of rotatable bonds is 6. The largest absolute Gasteiger partial charge is 0.472 e. The fraction of sp³-hybridized carbons (Fsp3) is 0.174. The standard InChI is InChI=1S/2C23H19F2NO/c2*1-14-6-8-16(9-7-14)17-10-12-18(13-11-17)22-15(2)27-23(26-22)21-19(24)4-3-5-20(21)25/h2*3-13,15,22H,1-2H3/t2*15-,22+/m10/s1. The third kappa shape index (κ3) is 7.69. The fourth-order valence-corrected chi connectivity index (χ4v) is 6.58. The van der Waals surface area contributed by atoms with Crippen molar-refractivity contribution >= 4 is 11.8 Å². The van der Waals surface area contributed by atoms with E-state index in [0.29, 0.717) is 0 Å². The minimum absolute atomic E-state index is 0.0192. The molecule has 2 heterocycles. The molecule has 0 saturated carbocycles. The predicted molar refractivity (Wildman–Crippen MR) is 206 cm³/mol. The van der Waals surface area contributed by atoms with Gasteiger partial charge < -0.3 is 9.47 Å². The average Bonchev–Trinajstić information content (AvgIpc) is 3.74. The molecule has 8 rings (SSSR count). The van der Waals surface area contributed by atoms with Crippen molar-refractivity contribution in [1.29, 1.82) is 0 Å². The predicted octanol–water partition coefficient (Wildman–Crippen LogP) is 11.7. The van der Waals surface area contributed by atoms with Gasteiger partial charge in [-0.15, -0.1) is 0 Å². The quantitative estimate of drug-likeness (QED) is 0.160. The monoisotopic (exact) mass is 726 g/mol. The molecule has 54 heavy (non-hydrogen) atoms. The van der Waals surface area contributed by atoms with Crippen LogP contribution in [-0.2, 0) is 9.47 Å². The lowest BCUT2D eigenvalue weighted by Gasteiger charge is -2.13. The number of hydrogen-bond acceptors (Lipinski definition) is 4. The summed E-state index contributed by atoms with van der Waals surface area (Å²) in [6.07, 6.45) is -0.603. The van der Waals surface area contributed by atoms with E-state index in [1.165, 1.54) is 47.5 Å². The second-order valence-electron chi connectivity index (χ2n) is 13.6. The summed E-state index contributed by atoms with van der Waals surface area (Å²) >= 11 is 0. The van der Waals surface area contributed by atoms with Gasteiger partial charge in [0.2, 0.25) is 11.8 Å². The number of hydrogen-bond donors (Lipinski definition) is 0. The van der Waals surface area contributed by atoms with E-state index in [9.17, 15) is 17.6 Å². The van der Waals surface area contributed by atoms with Crippen LogP contribution in [0.25, 0.3) is 22.3 Å². The molecular weight excluding hydrogens is 689 g/mol. The van der Waals surface area contributed by atoms with Gasteiger partial charge in [-0.1, -0.05) is 120 Å². The molecule has 0 N–H and O–H groups in total. The van der Waals surface area contributed by atoms with Gasteiger partial charge in [0, 0.05) is 0 Å². The van der Waals surface area contributed by atoms with E-state index in [1.807, 2.05) is 62.4 Å². The molecule has 4 atom stereocenters. The Labute approximate surface area is 312 Å². The molecule has 6 aromatic rings. The molecule has 0 fully saturated rings. The van der Waals surface area contributed by atoms with Gasteiger partial charge in [0.15, 0.2) is 0 Å². The molecular formula is C46H38F4N2O2. The molecule has 0 saturated heterocycles. The first-order valence-electron chi connectivity index (χ1n) is 17.8. The van der Waals surface area contributed by atoms with Crippen LogP contribution in [0.4, 0.5) is 17.6 Å². The van der Waals surface area contributed by atoms with Gasteiger partial charge in [-0.2, -0.15) is 0 Å². The number of benzene rings is 6. The molecule has 4 nitrogen and oxygen atoms in total. The molecule has 0 aromatic heterocycles. The lowest BCUT2D eigenvalue weighted by Crippen LogP contribution is -2.14. The van der Waals surface area contributed by atoms with Crippen molar-refractivity contribution in [3.05, 3.63) is 190 Å². The zero-order chi connectivity index (χ0) is 37.9. The van der Waals surface area contributed by atoms with Gasteiger partial charge in [-0.3, -0.25) is 0 Å². The zero-order valence-electron chi connectivity index (χ0n) is 30.2. The van der Waals surface area contributed by atoms with Crippen molar-refractivity contribution in [1.82, 2.24) is 0 Å². The number of nitrogens with zero attached hydrogens (tertiary/aromatic N) is 2. The Morgan fingerprint density at radius 3 is 0.981 bits per heavy atom. The van der Waals surface area contributed by atoms with Crippen molar-refractivity contribution < 1.29 is 27.0 Å². The Balaban J connectivity index is 0.000000167. The van der Waals surface area contributed by atoms with E-state index in [1.54, 1.807) is 0 Å². The Morgan fingerprint density at radius 2 is 0.685 bits per heavy atom. The zero-order valence-corrected chi connectivity index (χ0v) is 30.2. The molecule has 0 aliphatic carbocycles. The van der Waals surface area contributed by atoms with Crippen LogP contribution in [0.1, 0.15) is 59.3 Å². The smallest absolute Gasteiger partial charge is 0.223 e. The highest BCUT2D eigenvalue weighted by atomic mass is 19.1. The summed E-state index contributed by atoms with van der Waals surface area (Å²) < 4.78 is 67.5. The number of aryl methyl sites for hydroxylation is 2. The van der Waals surface area contributed by atoms with Gasteiger partial charge >= 0.3 is 0 Å². The van der Waals surface area contributed by atoms with Gasteiger partial charge in [-0.25, -0.2) is 27.5 Å². The van der Waals surface area contributed by atoms with Crippen LogP contribution in [0.3, 0.4) is 0 Å². The number of ether oxygens (including phenoxy) is 2. The summed E-state index contributed by atoms with van der Waals surface area (Å²) in [5, 5.41) is 0. The van der Waals surface area contributed by atoms with Crippen LogP contribution in [0.2, 0.25) is 0 Å². The van der Waals surface area contributed by atoms with Crippen LogP contribution in [0.15, 0.2) is 143 Å². The SMILES string of the molecule is Cc1ccc(-c2ccc([C@@H]3N=C(c4c(F)cccc4F)O[C@H]3C)cc2)cc1.Cc1ccc(-c2ccc([C@H]3N=C(c4c(F)cccc4F)O[C@@H]3C)cc2)cc1. The molecule has 8 heteroatoms.